The van der Waals surface area contributed by atoms with Gasteiger partial charge in [-0.2, -0.15) is 5.26 Å². The average molecular weight is 458 g/mol. The quantitative estimate of drug-likeness (QED) is 0.496. The number of nitriles is 1. The van der Waals surface area contributed by atoms with Gasteiger partial charge in [0.15, 0.2) is 5.43 Å². The summed E-state index contributed by atoms with van der Waals surface area (Å²) in [6.07, 6.45) is 0. The van der Waals surface area contributed by atoms with Crippen LogP contribution in [0.25, 0.3) is 32.8 Å². The maximum atomic E-state index is 13.9. The van der Waals surface area contributed by atoms with Gasteiger partial charge in [-0.15, -0.1) is 0 Å². The van der Waals surface area contributed by atoms with Gasteiger partial charge in [0.1, 0.15) is 11.4 Å². The van der Waals surface area contributed by atoms with Crippen molar-refractivity contribution >= 4 is 38.5 Å². The molecule has 1 saturated heterocycles. The van der Waals surface area contributed by atoms with Crippen molar-refractivity contribution in [3.05, 3.63) is 46.1 Å². The Bertz CT molecular complexity index is 1510. The molecule has 1 aliphatic heterocycles. The number of fused-ring (bicyclic) bond motifs is 4. The number of nitrogens with zero attached hydrogens (tertiary/aromatic N) is 4. The third-order valence-corrected chi connectivity index (χ3v) is 6.71. The number of benzene rings is 2. The van der Waals surface area contributed by atoms with Crippen molar-refractivity contribution in [2.45, 2.75) is 27.3 Å². The van der Waals surface area contributed by atoms with E-state index in [1.54, 1.807) is 13.2 Å². The smallest absolute Gasteiger partial charge is 0.199 e. The van der Waals surface area contributed by atoms with Crippen molar-refractivity contribution in [3.8, 4) is 11.8 Å². The Morgan fingerprint density at radius 1 is 1.09 bits per heavy atom. The summed E-state index contributed by atoms with van der Waals surface area (Å²) in [6, 6.07) is 11.7. The monoisotopic (exact) mass is 457 g/mol. The number of hydrogen-bond acceptors (Lipinski definition) is 5. The Labute approximate surface area is 199 Å². The molecule has 0 bridgehead atoms. The van der Waals surface area contributed by atoms with Crippen LogP contribution in [0.2, 0.25) is 0 Å². The molecule has 2 aromatic heterocycles. The SMILES string of the molecule is COc1cc2c(=O)c3c4ccc(C#N)cc4[nH]c3n(CC(C)(C)C)c2cc1N1CCN(C)CC1. The summed E-state index contributed by atoms with van der Waals surface area (Å²) < 4.78 is 8.03. The Kier molecular flexibility index (Phi) is 5.29. The van der Waals surface area contributed by atoms with Crippen LogP contribution in [0.4, 0.5) is 5.69 Å². The van der Waals surface area contributed by atoms with Gasteiger partial charge >= 0.3 is 0 Å². The van der Waals surface area contributed by atoms with Crippen LogP contribution in [0.1, 0.15) is 26.3 Å². The van der Waals surface area contributed by atoms with Gasteiger partial charge in [0.05, 0.1) is 40.7 Å². The van der Waals surface area contributed by atoms with Gasteiger partial charge in [0, 0.05) is 43.6 Å². The van der Waals surface area contributed by atoms with Crippen molar-refractivity contribution in [3.63, 3.8) is 0 Å². The van der Waals surface area contributed by atoms with Crippen molar-refractivity contribution in [2.75, 3.05) is 45.2 Å². The number of H-pyrrole nitrogens is 1. The Balaban J connectivity index is 1.86. The van der Waals surface area contributed by atoms with Gasteiger partial charge in [-0.25, -0.2) is 0 Å². The first kappa shape index (κ1) is 22.3. The fraction of sp³-hybridized carbons (Fsp3) is 0.407. The molecular formula is C27H31N5O2. The molecule has 0 unspecified atom stereocenters. The largest absolute Gasteiger partial charge is 0.495 e. The van der Waals surface area contributed by atoms with E-state index in [0.717, 1.165) is 66.2 Å². The molecule has 0 radical (unpaired) electrons. The molecule has 4 aromatic rings. The molecule has 1 aliphatic rings. The molecular weight excluding hydrogens is 426 g/mol. The number of likely N-dealkylation sites (N-methyl/N-ethyl adjacent to an activating group) is 1. The average Bonchev–Trinajstić information content (AvgIpc) is 3.19. The van der Waals surface area contributed by atoms with Crippen LogP contribution in [-0.2, 0) is 6.54 Å². The zero-order valence-electron chi connectivity index (χ0n) is 20.5. The van der Waals surface area contributed by atoms with E-state index in [1.165, 1.54) is 0 Å². The standard InChI is InChI=1S/C27H31N5O2/c1-27(2,3)16-32-21-14-22(31-10-8-30(4)9-11-31)23(34-5)13-19(21)25(33)24-18-7-6-17(15-28)12-20(18)29-26(24)32/h6-7,12-14,29H,8-11,16H2,1-5H3. The van der Waals surface area contributed by atoms with Gasteiger partial charge in [-0.05, 0) is 36.7 Å². The van der Waals surface area contributed by atoms with Crippen molar-refractivity contribution < 1.29 is 4.74 Å². The number of methoxy groups -OCH3 is 1. The molecule has 1 fully saturated rings. The Hall–Kier alpha value is -3.50. The number of ether oxygens (including phenoxy) is 1. The molecule has 7 nitrogen and oxygen atoms in total. The summed E-state index contributed by atoms with van der Waals surface area (Å²) in [7, 11) is 3.81. The Morgan fingerprint density at radius 2 is 1.82 bits per heavy atom. The lowest BCUT2D eigenvalue weighted by Gasteiger charge is -2.35. The molecule has 0 amide bonds. The first-order valence-electron chi connectivity index (χ1n) is 11.7. The van der Waals surface area contributed by atoms with Crippen LogP contribution in [0, 0.1) is 16.7 Å². The highest BCUT2D eigenvalue weighted by Gasteiger charge is 2.24. The van der Waals surface area contributed by atoms with E-state index in [1.807, 2.05) is 18.2 Å². The van der Waals surface area contributed by atoms with Crippen LogP contribution in [0.5, 0.6) is 5.75 Å². The third kappa shape index (κ3) is 3.68. The van der Waals surface area contributed by atoms with Gasteiger partial charge < -0.3 is 24.1 Å². The summed E-state index contributed by atoms with van der Waals surface area (Å²) in [5.41, 5.74) is 4.05. The normalized spacial score (nSPS) is 15.4. The van der Waals surface area contributed by atoms with E-state index in [-0.39, 0.29) is 10.8 Å². The minimum atomic E-state index is -0.0191. The highest BCUT2D eigenvalue weighted by molar-refractivity contribution is 6.10. The van der Waals surface area contributed by atoms with Gasteiger partial charge in [0.2, 0.25) is 0 Å². The van der Waals surface area contributed by atoms with E-state index >= 15 is 0 Å². The lowest BCUT2D eigenvalue weighted by atomic mass is 9.96. The number of nitrogens with one attached hydrogen (secondary N) is 1. The minimum Gasteiger partial charge on any atom is -0.495 e. The molecule has 1 N–H and O–H groups in total. The second-order valence-electron chi connectivity index (χ2n) is 10.5. The molecule has 2 aromatic carbocycles. The number of aromatic nitrogens is 2. The maximum absolute atomic E-state index is 13.9. The molecule has 0 aliphatic carbocycles. The number of hydrogen-bond donors (Lipinski definition) is 1. The van der Waals surface area contributed by atoms with Gasteiger partial charge in [-0.1, -0.05) is 26.8 Å². The minimum absolute atomic E-state index is 0.0159. The number of aromatic amines is 1. The number of rotatable bonds is 3. The maximum Gasteiger partial charge on any atom is 0.199 e. The number of piperazine rings is 1. The van der Waals surface area contributed by atoms with Crippen molar-refractivity contribution in [1.29, 1.82) is 5.26 Å². The van der Waals surface area contributed by atoms with E-state index in [0.29, 0.717) is 16.3 Å². The molecule has 5 rings (SSSR count). The van der Waals surface area contributed by atoms with Crippen molar-refractivity contribution in [1.82, 2.24) is 14.5 Å². The van der Waals surface area contributed by atoms with Crippen LogP contribution in [0.15, 0.2) is 35.1 Å². The van der Waals surface area contributed by atoms with Crippen LogP contribution in [0.3, 0.4) is 0 Å². The summed E-state index contributed by atoms with van der Waals surface area (Å²) in [6.45, 7) is 11.1. The second-order valence-corrected chi connectivity index (χ2v) is 10.5. The van der Waals surface area contributed by atoms with Gasteiger partial charge in [0.25, 0.3) is 0 Å². The summed E-state index contributed by atoms with van der Waals surface area (Å²) in [5, 5.41) is 11.5. The topological polar surface area (TPSA) is 77.3 Å². The molecule has 0 saturated carbocycles. The molecule has 7 heteroatoms. The second kappa shape index (κ2) is 8.07. The van der Waals surface area contributed by atoms with Crippen LogP contribution < -0.4 is 15.1 Å². The van der Waals surface area contributed by atoms with Crippen LogP contribution in [-0.4, -0.2) is 54.8 Å². The first-order chi connectivity index (χ1) is 16.2. The molecule has 0 atom stereocenters. The fourth-order valence-electron chi connectivity index (χ4n) is 5.00. The van der Waals surface area contributed by atoms with Crippen LogP contribution >= 0.6 is 0 Å². The van der Waals surface area contributed by atoms with E-state index in [9.17, 15) is 10.1 Å². The number of anilines is 1. The van der Waals surface area contributed by atoms with E-state index in [2.05, 4.69) is 59.3 Å². The summed E-state index contributed by atoms with van der Waals surface area (Å²) in [5.74, 6) is 0.724. The molecule has 176 valence electrons. The highest BCUT2D eigenvalue weighted by atomic mass is 16.5. The fourth-order valence-corrected chi connectivity index (χ4v) is 5.00. The summed E-state index contributed by atoms with van der Waals surface area (Å²) >= 11 is 0. The zero-order chi connectivity index (χ0) is 24.2. The van der Waals surface area contributed by atoms with E-state index < -0.39 is 0 Å². The predicted molar refractivity (Wildman–Crippen MR) is 138 cm³/mol. The van der Waals surface area contributed by atoms with E-state index in [4.69, 9.17) is 4.74 Å². The lowest BCUT2D eigenvalue weighted by Crippen LogP contribution is -2.44. The zero-order valence-corrected chi connectivity index (χ0v) is 20.5. The summed E-state index contributed by atoms with van der Waals surface area (Å²) in [4.78, 5) is 22.0. The molecule has 0 spiro atoms. The third-order valence-electron chi connectivity index (χ3n) is 6.71. The predicted octanol–water partition coefficient (Wildman–Crippen LogP) is 4.31. The van der Waals surface area contributed by atoms with Crippen molar-refractivity contribution in [2.24, 2.45) is 5.41 Å². The lowest BCUT2D eigenvalue weighted by molar-refractivity contribution is 0.311. The molecule has 3 heterocycles. The number of pyridine rings is 1. The molecule has 34 heavy (non-hydrogen) atoms. The first-order valence-corrected chi connectivity index (χ1v) is 11.7. The highest BCUT2D eigenvalue weighted by Crippen LogP contribution is 2.36. The van der Waals surface area contributed by atoms with Gasteiger partial charge in [-0.3, -0.25) is 4.79 Å². The Morgan fingerprint density at radius 3 is 2.47 bits per heavy atom.